The Kier molecular flexibility index (Phi) is 10.4. The topological polar surface area (TPSA) is 94.0 Å². The van der Waals surface area contributed by atoms with Crippen LogP contribution in [0.2, 0.25) is 0 Å². The lowest BCUT2D eigenvalue weighted by molar-refractivity contribution is 0.265. The number of guanidine groups is 1. The summed E-state index contributed by atoms with van der Waals surface area (Å²) in [5.41, 5.74) is 1.06. The van der Waals surface area contributed by atoms with Crippen molar-refractivity contribution in [1.29, 1.82) is 0 Å². The summed E-state index contributed by atoms with van der Waals surface area (Å²) in [6.07, 6.45) is 0. The minimum atomic E-state index is -3.41. The van der Waals surface area contributed by atoms with Crippen LogP contribution in [0.5, 0.6) is 0 Å². The monoisotopic (exact) mass is 538 g/mol. The van der Waals surface area contributed by atoms with E-state index in [9.17, 15) is 13.5 Å². The molecule has 28 heavy (non-hydrogen) atoms. The Balaban J connectivity index is 0.00000392. The van der Waals surface area contributed by atoms with E-state index in [4.69, 9.17) is 0 Å². The molecule has 1 heterocycles. The van der Waals surface area contributed by atoms with E-state index >= 15 is 0 Å². The predicted molar refractivity (Wildman–Crippen MR) is 125 cm³/mol. The molecule has 0 fully saturated rings. The van der Waals surface area contributed by atoms with Gasteiger partial charge in [0.25, 0.3) is 10.0 Å². The summed E-state index contributed by atoms with van der Waals surface area (Å²) in [6, 6.07) is 13.2. The van der Waals surface area contributed by atoms with Crippen LogP contribution in [0.15, 0.2) is 51.7 Å². The lowest BCUT2D eigenvalue weighted by atomic mass is 10.0. The van der Waals surface area contributed by atoms with Crippen LogP contribution in [0.1, 0.15) is 16.4 Å². The quantitative estimate of drug-likeness (QED) is 0.272. The smallest absolute Gasteiger partial charge is 0.252 e. The standard InChI is InChI=1S/C18H26N4O3S2.HI/c1-19-18(20-11-15(13-23)14-7-5-4-6-8-14)21-12-16-9-10-17(26-16)27(24,25)22(2)3;/h4-10,15,23H,11-13H2,1-3H3,(H2,19,20,21);1H. The van der Waals surface area contributed by atoms with Crippen molar-refractivity contribution in [3.63, 3.8) is 0 Å². The number of aliphatic hydroxyl groups is 1. The Labute approximate surface area is 188 Å². The minimum Gasteiger partial charge on any atom is -0.396 e. The molecule has 0 bridgehead atoms. The van der Waals surface area contributed by atoms with Gasteiger partial charge in [0, 0.05) is 38.5 Å². The van der Waals surface area contributed by atoms with Crippen LogP contribution in [0, 0.1) is 0 Å². The molecule has 0 aliphatic carbocycles. The van der Waals surface area contributed by atoms with Crippen LogP contribution in [-0.2, 0) is 16.6 Å². The summed E-state index contributed by atoms with van der Waals surface area (Å²) in [4.78, 5) is 5.07. The number of nitrogens with zero attached hydrogens (tertiary/aromatic N) is 2. The molecule has 0 saturated carbocycles. The predicted octanol–water partition coefficient (Wildman–Crippen LogP) is 2.06. The number of thiophene rings is 1. The molecule has 1 unspecified atom stereocenters. The van der Waals surface area contributed by atoms with Crippen LogP contribution >= 0.6 is 35.3 Å². The average molecular weight is 538 g/mol. The van der Waals surface area contributed by atoms with E-state index in [0.29, 0.717) is 23.3 Å². The van der Waals surface area contributed by atoms with Crippen molar-refractivity contribution >= 4 is 51.3 Å². The fourth-order valence-electron chi connectivity index (χ4n) is 2.40. The summed E-state index contributed by atoms with van der Waals surface area (Å²) in [7, 11) is 1.30. The first-order valence-electron chi connectivity index (χ1n) is 8.50. The zero-order valence-electron chi connectivity index (χ0n) is 16.1. The average Bonchev–Trinajstić information content (AvgIpc) is 3.15. The normalized spacial score (nSPS) is 13.1. The van der Waals surface area contributed by atoms with Gasteiger partial charge in [0.15, 0.2) is 5.96 Å². The second kappa shape index (κ2) is 11.7. The molecule has 0 radical (unpaired) electrons. The number of rotatable bonds is 8. The highest BCUT2D eigenvalue weighted by molar-refractivity contribution is 14.0. The fourth-order valence-corrected chi connectivity index (χ4v) is 4.86. The van der Waals surface area contributed by atoms with Crippen LogP contribution < -0.4 is 10.6 Å². The molecule has 3 N–H and O–H groups in total. The van der Waals surface area contributed by atoms with Gasteiger partial charge in [-0.05, 0) is 17.7 Å². The zero-order valence-corrected chi connectivity index (χ0v) is 20.1. The lowest BCUT2D eigenvalue weighted by Crippen LogP contribution is -2.39. The van der Waals surface area contributed by atoms with Crippen molar-refractivity contribution in [1.82, 2.24) is 14.9 Å². The largest absolute Gasteiger partial charge is 0.396 e. The molecule has 0 aliphatic rings. The molecule has 0 aliphatic heterocycles. The second-order valence-electron chi connectivity index (χ2n) is 6.11. The third kappa shape index (κ3) is 6.69. The molecule has 1 aromatic carbocycles. The van der Waals surface area contributed by atoms with Crippen molar-refractivity contribution in [2.75, 3.05) is 34.3 Å². The summed E-state index contributed by atoms with van der Waals surface area (Å²) in [5, 5.41) is 16.0. The SMILES string of the molecule is CN=C(NCc1ccc(S(=O)(=O)N(C)C)s1)NCC(CO)c1ccccc1.I. The first-order chi connectivity index (χ1) is 12.9. The molecule has 0 amide bonds. The number of sulfonamides is 1. The Hall–Kier alpha value is -1.21. The zero-order chi connectivity index (χ0) is 19.9. The molecule has 10 heteroatoms. The van der Waals surface area contributed by atoms with Gasteiger partial charge in [-0.1, -0.05) is 30.3 Å². The van der Waals surface area contributed by atoms with Crippen LogP contribution in [0.3, 0.4) is 0 Å². The van der Waals surface area contributed by atoms with E-state index in [1.54, 1.807) is 19.2 Å². The second-order valence-corrected chi connectivity index (χ2v) is 9.65. The number of benzene rings is 1. The van der Waals surface area contributed by atoms with Crippen LogP contribution in [-0.4, -0.2) is 58.1 Å². The van der Waals surface area contributed by atoms with Gasteiger partial charge in [0.1, 0.15) is 4.21 Å². The molecule has 2 rings (SSSR count). The summed E-state index contributed by atoms with van der Waals surface area (Å²) in [5.74, 6) is 0.554. The van der Waals surface area contributed by atoms with Gasteiger partial charge in [-0.15, -0.1) is 35.3 Å². The van der Waals surface area contributed by atoms with Gasteiger partial charge in [0.2, 0.25) is 0 Å². The molecular formula is C18H27IN4O3S2. The van der Waals surface area contributed by atoms with E-state index < -0.39 is 10.0 Å². The van der Waals surface area contributed by atoms with Crippen molar-refractivity contribution in [3.8, 4) is 0 Å². The van der Waals surface area contributed by atoms with Gasteiger partial charge >= 0.3 is 0 Å². The molecule has 7 nitrogen and oxygen atoms in total. The van der Waals surface area contributed by atoms with Gasteiger partial charge in [-0.3, -0.25) is 4.99 Å². The molecule has 1 aromatic heterocycles. The molecule has 2 aromatic rings. The number of hydrogen-bond acceptors (Lipinski definition) is 5. The maximum Gasteiger partial charge on any atom is 0.252 e. The summed E-state index contributed by atoms with van der Waals surface area (Å²) in [6.45, 7) is 1.03. The fraction of sp³-hybridized carbons (Fsp3) is 0.389. The number of nitrogens with one attached hydrogen (secondary N) is 2. The summed E-state index contributed by atoms with van der Waals surface area (Å²) >= 11 is 1.23. The Bertz CT molecular complexity index is 855. The lowest BCUT2D eigenvalue weighted by Gasteiger charge is -2.18. The third-order valence-corrected chi connectivity index (χ3v) is 7.40. The first-order valence-corrected chi connectivity index (χ1v) is 10.8. The van der Waals surface area contributed by atoms with Gasteiger partial charge < -0.3 is 15.7 Å². The van der Waals surface area contributed by atoms with E-state index in [2.05, 4.69) is 15.6 Å². The van der Waals surface area contributed by atoms with Gasteiger partial charge in [-0.2, -0.15) is 0 Å². The highest BCUT2D eigenvalue weighted by Gasteiger charge is 2.19. The van der Waals surface area contributed by atoms with E-state index in [-0.39, 0.29) is 36.5 Å². The number of halogens is 1. The Morgan fingerprint density at radius 2 is 1.86 bits per heavy atom. The number of aliphatic hydroxyl groups excluding tert-OH is 1. The molecule has 0 spiro atoms. The van der Waals surface area contributed by atoms with Crippen molar-refractivity contribution < 1.29 is 13.5 Å². The molecule has 1 atom stereocenters. The first kappa shape index (κ1) is 24.8. The summed E-state index contributed by atoms with van der Waals surface area (Å²) < 4.78 is 25.8. The molecule has 156 valence electrons. The van der Waals surface area contributed by atoms with Crippen LogP contribution in [0.4, 0.5) is 0 Å². The molecular weight excluding hydrogens is 511 g/mol. The van der Waals surface area contributed by atoms with Gasteiger partial charge in [-0.25, -0.2) is 12.7 Å². The number of hydrogen-bond donors (Lipinski definition) is 3. The Morgan fingerprint density at radius 3 is 2.43 bits per heavy atom. The Morgan fingerprint density at radius 1 is 1.18 bits per heavy atom. The van der Waals surface area contributed by atoms with E-state index in [1.807, 2.05) is 30.3 Å². The highest BCUT2D eigenvalue weighted by Crippen LogP contribution is 2.23. The minimum absolute atomic E-state index is 0. The third-order valence-electron chi connectivity index (χ3n) is 4.03. The maximum atomic E-state index is 12.1. The van der Waals surface area contributed by atoms with Crippen molar-refractivity contribution in [2.24, 2.45) is 4.99 Å². The highest BCUT2D eigenvalue weighted by atomic mass is 127. The van der Waals surface area contributed by atoms with E-state index in [0.717, 1.165) is 10.4 Å². The van der Waals surface area contributed by atoms with Crippen molar-refractivity contribution in [2.45, 2.75) is 16.7 Å². The van der Waals surface area contributed by atoms with E-state index in [1.165, 1.54) is 29.7 Å². The van der Waals surface area contributed by atoms with Crippen molar-refractivity contribution in [3.05, 3.63) is 52.9 Å². The van der Waals surface area contributed by atoms with Crippen LogP contribution in [0.25, 0.3) is 0 Å². The molecule has 0 saturated heterocycles. The number of aliphatic imine (C=N–C) groups is 1. The maximum absolute atomic E-state index is 12.1. The van der Waals surface area contributed by atoms with Gasteiger partial charge in [0.05, 0.1) is 13.2 Å².